The van der Waals surface area contributed by atoms with Crippen LogP contribution in [0.1, 0.15) is 40.0 Å². The lowest BCUT2D eigenvalue weighted by Crippen LogP contribution is -2.41. The molecule has 3 rings (SSSR count). The molecule has 2 bridgehead atoms. The second kappa shape index (κ2) is 4.66. The molecule has 19 heavy (non-hydrogen) atoms. The minimum absolute atomic E-state index is 0.0883. The van der Waals surface area contributed by atoms with E-state index in [-0.39, 0.29) is 23.6 Å². The summed E-state index contributed by atoms with van der Waals surface area (Å²) in [5.74, 6) is -1.16. The van der Waals surface area contributed by atoms with Crippen molar-refractivity contribution in [1.82, 2.24) is 5.32 Å². The molecule has 0 radical (unpaired) electrons. The van der Waals surface area contributed by atoms with E-state index in [9.17, 15) is 9.59 Å². The highest BCUT2D eigenvalue weighted by molar-refractivity contribution is 5.96. The predicted octanol–water partition coefficient (Wildman–Crippen LogP) is 1.43. The summed E-state index contributed by atoms with van der Waals surface area (Å²) in [7, 11) is 0. The molecule has 3 atom stereocenters. The molecule has 2 fully saturated rings. The zero-order valence-corrected chi connectivity index (χ0v) is 10.3. The van der Waals surface area contributed by atoms with Crippen LogP contribution in [0, 0.1) is 0 Å². The minimum atomic E-state index is -0.992. The molecule has 1 aromatic rings. The topological polar surface area (TPSA) is 75.6 Å². The lowest BCUT2D eigenvalue weighted by atomic mass is 9.95. The molecule has 0 aromatic heterocycles. The molecule has 2 aliphatic heterocycles. The number of amides is 1. The lowest BCUT2D eigenvalue weighted by molar-refractivity contribution is 0.0696. The molecule has 100 valence electrons. The van der Waals surface area contributed by atoms with Gasteiger partial charge in [-0.3, -0.25) is 4.79 Å². The van der Waals surface area contributed by atoms with Crippen molar-refractivity contribution < 1.29 is 19.4 Å². The Balaban J connectivity index is 1.65. The molecule has 1 aromatic carbocycles. The van der Waals surface area contributed by atoms with Crippen LogP contribution in [-0.2, 0) is 4.74 Å². The fourth-order valence-electron chi connectivity index (χ4n) is 2.81. The van der Waals surface area contributed by atoms with Crippen LogP contribution in [0.2, 0.25) is 0 Å². The number of fused-ring (bicyclic) bond motifs is 2. The first-order valence-electron chi connectivity index (χ1n) is 6.43. The zero-order chi connectivity index (χ0) is 13.4. The number of carbonyl (C=O) groups excluding carboxylic acids is 1. The average molecular weight is 261 g/mol. The molecule has 0 aliphatic carbocycles. The average Bonchev–Trinajstić information content (AvgIpc) is 3.01. The van der Waals surface area contributed by atoms with E-state index < -0.39 is 5.97 Å². The number of carboxylic acids is 1. The summed E-state index contributed by atoms with van der Waals surface area (Å²) in [5, 5.41) is 11.8. The van der Waals surface area contributed by atoms with Gasteiger partial charge in [-0.25, -0.2) is 4.79 Å². The van der Waals surface area contributed by atoms with Gasteiger partial charge < -0.3 is 15.2 Å². The second-order valence-electron chi connectivity index (χ2n) is 5.07. The Morgan fingerprint density at radius 2 is 1.84 bits per heavy atom. The summed E-state index contributed by atoms with van der Waals surface area (Å²) in [4.78, 5) is 22.8. The summed E-state index contributed by atoms with van der Waals surface area (Å²) < 4.78 is 5.68. The van der Waals surface area contributed by atoms with Crippen molar-refractivity contribution in [2.24, 2.45) is 0 Å². The lowest BCUT2D eigenvalue weighted by Gasteiger charge is -2.20. The van der Waals surface area contributed by atoms with E-state index in [1.165, 1.54) is 24.3 Å². The maximum Gasteiger partial charge on any atom is 0.335 e. The van der Waals surface area contributed by atoms with Gasteiger partial charge in [0.2, 0.25) is 0 Å². The standard InChI is InChI=1S/C14H15NO4/c16-13(8-1-3-9(4-2-8)14(17)18)15-11-7-10-5-6-12(11)19-10/h1-4,10-12H,5-7H2,(H,15,16)(H,17,18). The summed E-state index contributed by atoms with van der Waals surface area (Å²) in [6.07, 6.45) is 3.42. The molecule has 2 saturated heterocycles. The zero-order valence-electron chi connectivity index (χ0n) is 10.3. The van der Waals surface area contributed by atoms with Gasteiger partial charge in [0.1, 0.15) is 0 Å². The van der Waals surface area contributed by atoms with Crippen LogP contribution < -0.4 is 5.32 Å². The number of benzene rings is 1. The Hall–Kier alpha value is -1.88. The Labute approximate surface area is 110 Å². The van der Waals surface area contributed by atoms with Crippen molar-refractivity contribution >= 4 is 11.9 Å². The maximum atomic E-state index is 12.0. The normalized spacial score (nSPS) is 28.3. The third-order valence-electron chi connectivity index (χ3n) is 3.82. The van der Waals surface area contributed by atoms with Crippen molar-refractivity contribution in [1.29, 1.82) is 0 Å². The van der Waals surface area contributed by atoms with Crippen LogP contribution in [-0.4, -0.2) is 35.2 Å². The molecule has 0 spiro atoms. The van der Waals surface area contributed by atoms with Crippen LogP contribution in [0.3, 0.4) is 0 Å². The SMILES string of the molecule is O=C(O)c1ccc(C(=O)NC2CC3CCC2O3)cc1. The fourth-order valence-corrected chi connectivity index (χ4v) is 2.81. The van der Waals surface area contributed by atoms with E-state index in [2.05, 4.69) is 5.32 Å². The number of aromatic carboxylic acids is 1. The van der Waals surface area contributed by atoms with Crippen molar-refractivity contribution in [2.75, 3.05) is 0 Å². The highest BCUT2D eigenvalue weighted by Gasteiger charge is 2.41. The molecule has 0 saturated carbocycles. The van der Waals surface area contributed by atoms with Crippen LogP contribution in [0.5, 0.6) is 0 Å². The van der Waals surface area contributed by atoms with Gasteiger partial charge in [-0.15, -0.1) is 0 Å². The van der Waals surface area contributed by atoms with Gasteiger partial charge in [0.05, 0.1) is 23.8 Å². The summed E-state index contributed by atoms with van der Waals surface area (Å²) in [6.45, 7) is 0. The molecule has 1 amide bonds. The van der Waals surface area contributed by atoms with Gasteiger partial charge in [0, 0.05) is 5.56 Å². The van der Waals surface area contributed by atoms with E-state index in [1.807, 2.05) is 0 Å². The Bertz CT molecular complexity index is 511. The van der Waals surface area contributed by atoms with Gasteiger partial charge in [-0.2, -0.15) is 0 Å². The first-order valence-corrected chi connectivity index (χ1v) is 6.43. The summed E-state index contributed by atoms with van der Waals surface area (Å²) in [6, 6.07) is 6.04. The number of rotatable bonds is 3. The predicted molar refractivity (Wildman–Crippen MR) is 67.2 cm³/mol. The van der Waals surface area contributed by atoms with E-state index in [4.69, 9.17) is 9.84 Å². The third-order valence-corrected chi connectivity index (χ3v) is 3.82. The van der Waals surface area contributed by atoms with E-state index in [0.717, 1.165) is 19.3 Å². The first kappa shape index (κ1) is 12.2. The second-order valence-corrected chi connectivity index (χ2v) is 5.07. The van der Waals surface area contributed by atoms with Crippen molar-refractivity contribution in [3.8, 4) is 0 Å². The highest BCUT2D eigenvalue weighted by Crippen LogP contribution is 2.34. The van der Waals surface area contributed by atoms with Crippen LogP contribution in [0.4, 0.5) is 0 Å². The van der Waals surface area contributed by atoms with Crippen molar-refractivity contribution in [3.05, 3.63) is 35.4 Å². The van der Waals surface area contributed by atoms with Crippen molar-refractivity contribution in [3.63, 3.8) is 0 Å². The van der Waals surface area contributed by atoms with Crippen LogP contribution in [0.15, 0.2) is 24.3 Å². The molecular formula is C14H15NO4. The highest BCUT2D eigenvalue weighted by atomic mass is 16.5. The summed E-state index contributed by atoms with van der Waals surface area (Å²) >= 11 is 0. The van der Waals surface area contributed by atoms with Gasteiger partial charge >= 0.3 is 5.97 Å². The molecule has 3 unspecified atom stereocenters. The number of carbonyl (C=O) groups is 2. The van der Waals surface area contributed by atoms with Crippen LogP contribution >= 0.6 is 0 Å². The number of carboxylic acid groups (broad SMARTS) is 1. The molecule has 5 nitrogen and oxygen atoms in total. The van der Waals surface area contributed by atoms with Gasteiger partial charge in [0.15, 0.2) is 0 Å². The largest absolute Gasteiger partial charge is 0.478 e. The Kier molecular flexibility index (Phi) is 2.98. The quantitative estimate of drug-likeness (QED) is 0.863. The number of hydrogen-bond acceptors (Lipinski definition) is 3. The molecular weight excluding hydrogens is 246 g/mol. The molecule has 2 N–H and O–H groups in total. The minimum Gasteiger partial charge on any atom is -0.478 e. The molecule has 5 heteroatoms. The Morgan fingerprint density at radius 3 is 2.37 bits per heavy atom. The van der Waals surface area contributed by atoms with Crippen LogP contribution in [0.25, 0.3) is 0 Å². The smallest absolute Gasteiger partial charge is 0.335 e. The first-order chi connectivity index (χ1) is 9.13. The maximum absolute atomic E-state index is 12.0. The monoisotopic (exact) mass is 261 g/mol. The molecule has 2 aliphatic rings. The van der Waals surface area contributed by atoms with E-state index in [1.54, 1.807) is 0 Å². The third kappa shape index (κ3) is 2.33. The van der Waals surface area contributed by atoms with Crippen molar-refractivity contribution in [2.45, 2.75) is 37.5 Å². The van der Waals surface area contributed by atoms with E-state index in [0.29, 0.717) is 11.7 Å². The van der Waals surface area contributed by atoms with Gasteiger partial charge in [0.25, 0.3) is 5.91 Å². The van der Waals surface area contributed by atoms with Gasteiger partial charge in [-0.1, -0.05) is 0 Å². The Morgan fingerprint density at radius 1 is 1.16 bits per heavy atom. The fraction of sp³-hybridized carbons (Fsp3) is 0.429. The summed E-state index contributed by atoms with van der Waals surface area (Å²) in [5.41, 5.74) is 0.660. The number of hydrogen-bond donors (Lipinski definition) is 2. The number of ether oxygens (including phenoxy) is 1. The molecule has 2 heterocycles. The van der Waals surface area contributed by atoms with Gasteiger partial charge in [-0.05, 0) is 43.5 Å². The van der Waals surface area contributed by atoms with E-state index >= 15 is 0 Å². The number of nitrogens with one attached hydrogen (secondary N) is 1.